The molecule has 2 nitrogen and oxygen atoms in total. The molecule has 0 N–H and O–H groups in total. The predicted octanol–water partition coefficient (Wildman–Crippen LogP) is 15.7. The van der Waals surface area contributed by atoms with Crippen molar-refractivity contribution in [1.82, 2.24) is 4.40 Å². The Morgan fingerprint density at radius 1 is 0.356 bits per heavy atom. The Morgan fingerprint density at radius 2 is 0.864 bits per heavy atom. The highest BCUT2D eigenvalue weighted by atomic mass is 15.1. The van der Waals surface area contributed by atoms with Gasteiger partial charge in [0.2, 0.25) is 0 Å². The molecule has 2 heteroatoms. The predicted molar refractivity (Wildman–Crippen MR) is 251 cm³/mol. The van der Waals surface area contributed by atoms with Gasteiger partial charge in [-0.25, -0.2) is 0 Å². The minimum absolute atomic E-state index is 0.131. The molecule has 0 spiro atoms. The van der Waals surface area contributed by atoms with Crippen LogP contribution in [0, 0.1) is 0 Å². The first kappa shape index (κ1) is 33.7. The molecule has 0 saturated carbocycles. The molecule has 278 valence electrons. The van der Waals surface area contributed by atoms with Gasteiger partial charge in [0, 0.05) is 43.9 Å². The SMILES string of the molecule is CC1(C)c2ccccc2-c2ccc(N(c3ccc4c(c3)c3cccc5c6ccccc6c6ccccc6c6ccccc6n4c53)c3ccccc3-c3ccccc3)cc21. The van der Waals surface area contributed by atoms with Crippen molar-refractivity contribution < 1.29 is 0 Å². The van der Waals surface area contributed by atoms with Crippen LogP contribution in [0.4, 0.5) is 17.1 Å². The zero-order valence-corrected chi connectivity index (χ0v) is 33.0. The Bertz CT molecular complexity index is 3540. The highest BCUT2D eigenvalue weighted by Gasteiger charge is 2.36. The van der Waals surface area contributed by atoms with E-state index in [4.69, 9.17) is 0 Å². The standard InChI is InChI=1S/C57H40N2/c1-57(2)51-28-13-10-24-45(51)46-33-31-39(36-52(46)57)58(53-29-14-11-19-40(53)37-17-4-3-5-18-37)38-32-34-55-50(35-38)49-27-16-26-48-44-23-9-7-21-42(44)41-20-6-8-22-43(41)47-25-12-15-30-54(47)59(55)56(48)49/h3-36H,1-2H3. The molecule has 0 atom stereocenters. The van der Waals surface area contributed by atoms with Crippen LogP contribution in [0.5, 0.6) is 0 Å². The van der Waals surface area contributed by atoms with Gasteiger partial charge in [0.05, 0.1) is 22.2 Å². The molecule has 9 aromatic carbocycles. The summed E-state index contributed by atoms with van der Waals surface area (Å²) in [6.45, 7) is 4.73. The summed E-state index contributed by atoms with van der Waals surface area (Å²) in [5.74, 6) is 0. The molecule has 0 fully saturated rings. The average Bonchev–Trinajstić information content (AvgIpc) is 3.75. The van der Waals surface area contributed by atoms with Gasteiger partial charge in [-0.05, 0) is 91.8 Å². The molecule has 2 aromatic heterocycles. The summed E-state index contributed by atoms with van der Waals surface area (Å²) < 4.78 is 2.52. The lowest BCUT2D eigenvalue weighted by molar-refractivity contribution is 0.660. The smallest absolute Gasteiger partial charge is 0.0619 e. The van der Waals surface area contributed by atoms with E-state index in [1.54, 1.807) is 0 Å². The summed E-state index contributed by atoms with van der Waals surface area (Å²) >= 11 is 0. The van der Waals surface area contributed by atoms with E-state index < -0.39 is 0 Å². The topological polar surface area (TPSA) is 7.65 Å². The molecule has 12 rings (SSSR count). The minimum atomic E-state index is -0.131. The summed E-state index contributed by atoms with van der Waals surface area (Å²) in [7, 11) is 0. The minimum Gasteiger partial charge on any atom is -0.310 e. The van der Waals surface area contributed by atoms with Gasteiger partial charge >= 0.3 is 0 Å². The third-order valence-electron chi connectivity index (χ3n) is 13.0. The maximum absolute atomic E-state index is 2.52. The van der Waals surface area contributed by atoms with Gasteiger partial charge in [-0.1, -0.05) is 178 Å². The number of anilines is 3. The zero-order chi connectivity index (χ0) is 39.2. The first-order valence-corrected chi connectivity index (χ1v) is 20.6. The molecule has 0 aliphatic heterocycles. The van der Waals surface area contributed by atoms with Gasteiger partial charge in [0.1, 0.15) is 0 Å². The summed E-state index contributed by atoms with van der Waals surface area (Å²) in [6.07, 6.45) is 0. The molecule has 1 aliphatic carbocycles. The fourth-order valence-corrected chi connectivity index (χ4v) is 10.3. The van der Waals surface area contributed by atoms with Crippen molar-refractivity contribution >= 4 is 76.7 Å². The molecule has 59 heavy (non-hydrogen) atoms. The Kier molecular flexibility index (Phi) is 7.31. The van der Waals surface area contributed by atoms with Crippen LogP contribution in [0.1, 0.15) is 25.0 Å². The Labute approximate surface area is 343 Å². The van der Waals surface area contributed by atoms with Crippen LogP contribution in [0.15, 0.2) is 206 Å². The normalized spacial score (nSPS) is 13.1. The average molecular weight is 753 g/mol. The van der Waals surface area contributed by atoms with Crippen molar-refractivity contribution in [3.05, 3.63) is 217 Å². The monoisotopic (exact) mass is 752 g/mol. The zero-order valence-electron chi connectivity index (χ0n) is 33.0. The number of aromatic nitrogens is 1. The molecule has 0 saturated heterocycles. The largest absolute Gasteiger partial charge is 0.310 e. The molecular formula is C57H40N2. The van der Waals surface area contributed by atoms with Crippen molar-refractivity contribution in [3.63, 3.8) is 0 Å². The van der Waals surface area contributed by atoms with Crippen LogP contribution in [0.2, 0.25) is 0 Å². The Morgan fingerprint density at radius 3 is 1.63 bits per heavy atom. The second kappa shape index (κ2) is 12.8. The molecule has 11 aromatic rings. The number of nitrogens with zero attached hydrogens (tertiary/aromatic N) is 2. The molecule has 0 unspecified atom stereocenters. The van der Waals surface area contributed by atoms with E-state index >= 15 is 0 Å². The lowest BCUT2D eigenvalue weighted by Gasteiger charge is -2.30. The van der Waals surface area contributed by atoms with Gasteiger partial charge in [-0.15, -0.1) is 0 Å². The van der Waals surface area contributed by atoms with Crippen molar-refractivity contribution in [2.45, 2.75) is 19.3 Å². The molecule has 0 bridgehead atoms. The molecule has 1 aliphatic rings. The molecule has 0 amide bonds. The van der Waals surface area contributed by atoms with Crippen molar-refractivity contribution in [2.75, 3.05) is 4.90 Å². The van der Waals surface area contributed by atoms with Gasteiger partial charge in [0.25, 0.3) is 0 Å². The van der Waals surface area contributed by atoms with E-state index in [1.807, 2.05) is 0 Å². The number of fused-ring (bicyclic) bond motifs is 13. The molecule has 0 radical (unpaired) electrons. The summed E-state index contributed by atoms with van der Waals surface area (Å²) in [6, 6.07) is 76.4. The molecular weight excluding hydrogens is 713 g/mol. The quantitative estimate of drug-likeness (QED) is 0.174. The van der Waals surface area contributed by atoms with Crippen molar-refractivity contribution in [2.24, 2.45) is 0 Å². The number of para-hydroxylation sites is 3. The van der Waals surface area contributed by atoms with E-state index in [-0.39, 0.29) is 5.41 Å². The summed E-state index contributed by atoms with van der Waals surface area (Å²) in [5, 5.41) is 9.87. The van der Waals surface area contributed by atoms with Crippen LogP contribution in [0.3, 0.4) is 0 Å². The number of hydrogen-bond acceptors (Lipinski definition) is 1. The van der Waals surface area contributed by atoms with Gasteiger partial charge < -0.3 is 9.30 Å². The highest BCUT2D eigenvalue weighted by molar-refractivity contribution is 6.25. The third kappa shape index (κ3) is 4.93. The summed E-state index contributed by atoms with van der Waals surface area (Å²) in [4.78, 5) is 2.48. The number of benzene rings is 9. The van der Waals surface area contributed by atoms with Gasteiger partial charge in [-0.2, -0.15) is 0 Å². The van der Waals surface area contributed by atoms with Crippen LogP contribution in [-0.4, -0.2) is 4.40 Å². The lowest BCUT2D eigenvalue weighted by Crippen LogP contribution is -2.16. The Hall–Kier alpha value is -7.42. The molecule has 2 heterocycles. The van der Waals surface area contributed by atoms with E-state index in [0.717, 1.165) is 17.1 Å². The lowest BCUT2D eigenvalue weighted by atomic mass is 9.82. The maximum atomic E-state index is 2.52. The fourth-order valence-electron chi connectivity index (χ4n) is 10.3. The second-order valence-corrected chi connectivity index (χ2v) is 16.5. The van der Waals surface area contributed by atoms with Crippen LogP contribution < -0.4 is 4.90 Å². The number of hydrogen-bond donors (Lipinski definition) is 0. The van der Waals surface area contributed by atoms with Gasteiger partial charge in [0.15, 0.2) is 0 Å². The number of rotatable bonds is 4. The second-order valence-electron chi connectivity index (χ2n) is 16.5. The van der Waals surface area contributed by atoms with E-state index in [0.29, 0.717) is 0 Å². The first-order valence-electron chi connectivity index (χ1n) is 20.6. The summed E-state index contributed by atoms with van der Waals surface area (Å²) in [5.41, 5.74) is 14.6. The third-order valence-corrected chi connectivity index (χ3v) is 13.0. The van der Waals surface area contributed by atoms with Crippen molar-refractivity contribution in [1.29, 1.82) is 0 Å². The van der Waals surface area contributed by atoms with Crippen LogP contribution in [0.25, 0.3) is 81.9 Å². The van der Waals surface area contributed by atoms with E-state index in [2.05, 4.69) is 229 Å². The first-order chi connectivity index (χ1) is 29.1. The van der Waals surface area contributed by atoms with Crippen LogP contribution in [-0.2, 0) is 5.41 Å². The fraction of sp³-hybridized carbons (Fsp3) is 0.0526. The Balaban J connectivity index is 1.20. The van der Waals surface area contributed by atoms with Gasteiger partial charge in [-0.3, -0.25) is 0 Å². The maximum Gasteiger partial charge on any atom is 0.0619 e. The van der Waals surface area contributed by atoms with Crippen LogP contribution >= 0.6 is 0 Å². The van der Waals surface area contributed by atoms with Crippen molar-refractivity contribution in [3.8, 4) is 22.3 Å². The van der Waals surface area contributed by atoms with E-state index in [9.17, 15) is 0 Å². The highest BCUT2D eigenvalue weighted by Crippen LogP contribution is 2.52. The van der Waals surface area contributed by atoms with E-state index in [1.165, 1.54) is 93.0 Å².